The van der Waals surface area contributed by atoms with E-state index in [2.05, 4.69) is 25.0 Å². The Bertz CT molecular complexity index is 115. The molecule has 0 spiro atoms. The molecule has 0 bridgehead atoms. The van der Waals surface area contributed by atoms with E-state index in [1.807, 2.05) is 19.8 Å². The van der Waals surface area contributed by atoms with E-state index in [-0.39, 0.29) is 0 Å². The van der Waals surface area contributed by atoms with Gasteiger partial charge in [-0.05, 0) is 19.6 Å². The van der Waals surface area contributed by atoms with E-state index in [1.54, 1.807) is 0 Å². The first-order chi connectivity index (χ1) is 4.45. The largest absolute Gasteiger partial charge is 0.314 e. The molecule has 0 aliphatic heterocycles. The molecule has 10 heavy (non-hydrogen) atoms. The molecule has 0 rings (SSSR count). The summed E-state index contributed by atoms with van der Waals surface area (Å²) in [5, 5.41) is 0. The molecule has 0 N–H and O–H groups in total. The van der Waals surface area contributed by atoms with Gasteiger partial charge < -0.3 is 4.57 Å². The molecule has 0 aromatic rings. The first kappa shape index (κ1) is 10.2. The Morgan fingerprint density at radius 3 is 1.90 bits per heavy atom. The second-order valence-corrected chi connectivity index (χ2v) is 8.71. The van der Waals surface area contributed by atoms with Crippen molar-refractivity contribution in [2.45, 2.75) is 19.4 Å². The first-order valence-corrected chi connectivity index (χ1v) is 6.56. The van der Waals surface area contributed by atoms with Gasteiger partial charge in [0.2, 0.25) is 0 Å². The van der Waals surface area contributed by atoms with Crippen LogP contribution in [-0.4, -0.2) is 26.2 Å². The van der Waals surface area contributed by atoms with Crippen molar-refractivity contribution in [1.29, 1.82) is 0 Å². The summed E-state index contributed by atoms with van der Waals surface area (Å²) in [5.41, 5.74) is 2.43. The Balaban J connectivity index is 4.38. The van der Waals surface area contributed by atoms with Gasteiger partial charge in [-0.3, -0.25) is 0 Å². The lowest BCUT2D eigenvalue weighted by Gasteiger charge is -2.31. The van der Waals surface area contributed by atoms with Crippen LogP contribution in [0.1, 0.15) is 13.8 Å². The molecule has 60 valence electrons. The summed E-state index contributed by atoms with van der Waals surface area (Å²) < 4.78 is 2.10. The molecule has 1 nitrogen and oxygen atoms in total. The minimum atomic E-state index is -1.81. The molecular formula is C7H16ClNSi. The second kappa shape index (κ2) is 3.56. The molecule has 1 atom stereocenters. The smallest absolute Gasteiger partial charge is 0.254 e. The van der Waals surface area contributed by atoms with Crippen LogP contribution in [0.25, 0.3) is 0 Å². The third-order valence-electron chi connectivity index (χ3n) is 1.78. The van der Waals surface area contributed by atoms with E-state index in [4.69, 9.17) is 11.1 Å². The highest BCUT2D eigenvalue weighted by Gasteiger charge is 2.34. The molecule has 0 aromatic heterocycles. The van der Waals surface area contributed by atoms with E-state index in [0.29, 0.717) is 5.54 Å². The molecule has 0 saturated carbocycles. The fraction of sp³-hybridized carbons (Fsp3) is 0.714. The number of hydrogen-bond donors (Lipinski definition) is 0. The minimum absolute atomic E-state index is 0.515. The predicted molar refractivity (Wildman–Crippen MR) is 50.6 cm³/mol. The van der Waals surface area contributed by atoms with Crippen LogP contribution >= 0.6 is 11.1 Å². The van der Waals surface area contributed by atoms with Gasteiger partial charge in [0, 0.05) is 0 Å². The van der Waals surface area contributed by atoms with Crippen molar-refractivity contribution >= 4 is 18.6 Å². The standard InChI is InChI=1S/C7H16ClNSi/c1-6-10(8,7(2)3)9(4)5/h6-7H,1H2,2-5H3. The van der Waals surface area contributed by atoms with Crippen molar-refractivity contribution in [3.05, 3.63) is 12.3 Å². The fourth-order valence-corrected chi connectivity index (χ4v) is 2.80. The average molecular weight is 178 g/mol. The first-order valence-electron chi connectivity index (χ1n) is 3.45. The van der Waals surface area contributed by atoms with Gasteiger partial charge in [0.15, 0.2) is 0 Å². The van der Waals surface area contributed by atoms with Crippen molar-refractivity contribution < 1.29 is 0 Å². The van der Waals surface area contributed by atoms with Crippen LogP contribution in [0, 0.1) is 0 Å². The molecule has 0 aliphatic carbocycles. The molecule has 0 saturated heterocycles. The normalized spacial score (nSPS) is 17.5. The highest BCUT2D eigenvalue weighted by atomic mass is 35.6. The van der Waals surface area contributed by atoms with Crippen LogP contribution in [0.3, 0.4) is 0 Å². The van der Waals surface area contributed by atoms with E-state index >= 15 is 0 Å². The van der Waals surface area contributed by atoms with Crippen LogP contribution in [-0.2, 0) is 0 Å². The quantitative estimate of drug-likeness (QED) is 0.473. The third kappa shape index (κ3) is 1.84. The maximum Gasteiger partial charge on any atom is 0.254 e. The Hall–Kier alpha value is 0.207. The summed E-state index contributed by atoms with van der Waals surface area (Å²) >= 11 is 6.34. The fourth-order valence-electron chi connectivity index (χ4n) is 0.935. The molecule has 0 aromatic carbocycles. The summed E-state index contributed by atoms with van der Waals surface area (Å²) in [5.74, 6) is 0. The Morgan fingerprint density at radius 2 is 1.90 bits per heavy atom. The van der Waals surface area contributed by atoms with Crippen LogP contribution in [0.5, 0.6) is 0 Å². The van der Waals surface area contributed by atoms with E-state index in [1.165, 1.54) is 0 Å². The summed E-state index contributed by atoms with van der Waals surface area (Å²) in [6.45, 7) is 8.04. The molecule has 0 aliphatic rings. The Morgan fingerprint density at radius 1 is 1.50 bits per heavy atom. The maximum absolute atomic E-state index is 6.34. The molecular weight excluding hydrogens is 162 g/mol. The summed E-state index contributed by atoms with van der Waals surface area (Å²) in [6.07, 6.45) is 0. The van der Waals surface area contributed by atoms with Gasteiger partial charge in [-0.2, -0.15) is 0 Å². The maximum atomic E-state index is 6.34. The summed E-state index contributed by atoms with van der Waals surface area (Å²) in [7, 11) is 2.22. The van der Waals surface area contributed by atoms with Gasteiger partial charge in [0.1, 0.15) is 0 Å². The molecule has 0 radical (unpaired) electrons. The van der Waals surface area contributed by atoms with Gasteiger partial charge in [0.25, 0.3) is 7.55 Å². The topological polar surface area (TPSA) is 3.24 Å². The zero-order chi connectivity index (χ0) is 8.36. The zero-order valence-corrected chi connectivity index (χ0v) is 8.94. The zero-order valence-electron chi connectivity index (χ0n) is 7.19. The van der Waals surface area contributed by atoms with Gasteiger partial charge in [-0.25, -0.2) is 0 Å². The van der Waals surface area contributed by atoms with E-state index < -0.39 is 7.55 Å². The number of halogens is 1. The molecule has 1 unspecified atom stereocenters. The van der Waals surface area contributed by atoms with Gasteiger partial charge in [0.05, 0.1) is 0 Å². The lowest BCUT2D eigenvalue weighted by molar-refractivity contribution is 0.622. The van der Waals surface area contributed by atoms with Crippen molar-refractivity contribution in [3.8, 4) is 0 Å². The van der Waals surface area contributed by atoms with E-state index in [0.717, 1.165) is 0 Å². The van der Waals surface area contributed by atoms with E-state index in [9.17, 15) is 0 Å². The van der Waals surface area contributed by atoms with Gasteiger partial charge in [-0.1, -0.05) is 19.5 Å². The minimum Gasteiger partial charge on any atom is -0.314 e. The number of hydrogen-bond acceptors (Lipinski definition) is 1. The monoisotopic (exact) mass is 177 g/mol. The lowest BCUT2D eigenvalue weighted by Crippen LogP contribution is -2.45. The molecule has 0 fully saturated rings. The van der Waals surface area contributed by atoms with Gasteiger partial charge >= 0.3 is 0 Å². The SMILES string of the molecule is C=C[Si](Cl)(C(C)C)N(C)C. The van der Waals surface area contributed by atoms with Gasteiger partial charge in [-0.15, -0.1) is 17.7 Å². The second-order valence-electron chi connectivity index (χ2n) is 2.98. The Labute approximate surface area is 69.5 Å². The number of nitrogens with zero attached hydrogens (tertiary/aromatic N) is 1. The summed E-state index contributed by atoms with van der Waals surface area (Å²) in [4.78, 5) is 0. The summed E-state index contributed by atoms with van der Waals surface area (Å²) in [6, 6.07) is 0. The van der Waals surface area contributed by atoms with Crippen molar-refractivity contribution in [2.75, 3.05) is 14.1 Å². The average Bonchev–Trinajstić information content (AvgIpc) is 1.85. The highest BCUT2D eigenvalue weighted by Crippen LogP contribution is 2.27. The van der Waals surface area contributed by atoms with Crippen molar-refractivity contribution in [1.82, 2.24) is 4.57 Å². The lowest BCUT2D eigenvalue weighted by atomic mass is 10.6. The van der Waals surface area contributed by atoms with Crippen LogP contribution in [0.4, 0.5) is 0 Å². The predicted octanol–water partition coefficient (Wildman–Crippen LogP) is 2.36. The molecule has 0 heterocycles. The highest BCUT2D eigenvalue weighted by molar-refractivity contribution is 7.22. The molecule has 3 heteroatoms. The Kier molecular flexibility index (Phi) is 3.63. The van der Waals surface area contributed by atoms with Crippen LogP contribution in [0.2, 0.25) is 5.54 Å². The van der Waals surface area contributed by atoms with Crippen molar-refractivity contribution in [2.24, 2.45) is 0 Å². The van der Waals surface area contributed by atoms with Crippen LogP contribution < -0.4 is 0 Å². The van der Waals surface area contributed by atoms with Crippen LogP contribution in [0.15, 0.2) is 12.3 Å². The van der Waals surface area contributed by atoms with Crippen molar-refractivity contribution in [3.63, 3.8) is 0 Å². The number of rotatable bonds is 3. The third-order valence-corrected chi connectivity index (χ3v) is 8.13. The molecule has 0 amide bonds.